The summed E-state index contributed by atoms with van der Waals surface area (Å²) in [7, 11) is 0. The molecule has 134 valence electrons. The van der Waals surface area contributed by atoms with Crippen molar-refractivity contribution in [2.45, 2.75) is 46.0 Å². The fourth-order valence-corrected chi connectivity index (χ4v) is 2.75. The molecule has 0 spiro atoms. The maximum atomic E-state index is 12.3. The molecule has 0 bridgehead atoms. The van der Waals surface area contributed by atoms with E-state index in [1.807, 2.05) is 24.3 Å². The molecule has 0 aliphatic heterocycles. The summed E-state index contributed by atoms with van der Waals surface area (Å²) in [6.45, 7) is 9.23. The van der Waals surface area contributed by atoms with Crippen LogP contribution in [0.1, 0.15) is 56.5 Å². The topological polar surface area (TPSA) is 35.5 Å². The molecule has 0 saturated carbocycles. The second-order valence-electron chi connectivity index (χ2n) is 7.01. The van der Waals surface area contributed by atoms with Gasteiger partial charge in [-0.2, -0.15) is 0 Å². The van der Waals surface area contributed by atoms with Crippen LogP contribution in [0.5, 0.6) is 11.5 Å². The first kappa shape index (κ1) is 19.5. The summed E-state index contributed by atoms with van der Waals surface area (Å²) in [5.41, 5.74) is 1.75. The van der Waals surface area contributed by atoms with E-state index in [1.54, 1.807) is 18.2 Å². The number of hydrogen-bond donors (Lipinski definition) is 0. The summed E-state index contributed by atoms with van der Waals surface area (Å²) in [4.78, 5) is 12.3. The van der Waals surface area contributed by atoms with Crippen LogP contribution in [-0.2, 0) is 5.41 Å². The summed E-state index contributed by atoms with van der Waals surface area (Å²) in [5, 5.41) is 0. The van der Waals surface area contributed by atoms with E-state index < -0.39 is 0 Å². The zero-order valence-electron chi connectivity index (χ0n) is 15.3. The highest BCUT2D eigenvalue weighted by Gasteiger charge is 2.15. The Labute approximate surface area is 158 Å². The van der Waals surface area contributed by atoms with Crippen molar-refractivity contribution in [3.05, 3.63) is 58.1 Å². The van der Waals surface area contributed by atoms with Crippen molar-refractivity contribution in [2.24, 2.45) is 0 Å². The number of benzene rings is 2. The van der Waals surface area contributed by atoms with Gasteiger partial charge in [-0.25, -0.2) is 4.79 Å². The number of hydrogen-bond acceptors (Lipinski definition) is 3. The average molecular weight is 405 g/mol. The summed E-state index contributed by atoms with van der Waals surface area (Å²) in [5.74, 6) is 0.890. The van der Waals surface area contributed by atoms with E-state index in [2.05, 4.69) is 43.6 Å². The molecule has 0 unspecified atom stereocenters. The smallest absolute Gasteiger partial charge is 0.343 e. The quantitative estimate of drug-likeness (QED) is 0.329. The van der Waals surface area contributed by atoms with Crippen LogP contribution in [0, 0.1) is 0 Å². The van der Waals surface area contributed by atoms with Crippen molar-refractivity contribution < 1.29 is 14.3 Å². The molecule has 2 aromatic rings. The predicted molar refractivity (Wildman–Crippen MR) is 105 cm³/mol. The molecule has 0 heterocycles. The largest absolute Gasteiger partial charge is 0.492 e. The highest BCUT2D eigenvalue weighted by molar-refractivity contribution is 9.10. The maximum absolute atomic E-state index is 12.3. The van der Waals surface area contributed by atoms with Gasteiger partial charge < -0.3 is 9.47 Å². The van der Waals surface area contributed by atoms with Crippen LogP contribution in [0.15, 0.2) is 46.9 Å². The summed E-state index contributed by atoms with van der Waals surface area (Å²) in [6.07, 6.45) is 2.08. The fourth-order valence-electron chi connectivity index (χ4n) is 2.26. The van der Waals surface area contributed by atoms with Crippen LogP contribution < -0.4 is 9.47 Å². The lowest BCUT2D eigenvalue weighted by atomic mass is 9.87. The van der Waals surface area contributed by atoms with Gasteiger partial charge in [-0.15, -0.1) is 0 Å². The first-order chi connectivity index (χ1) is 11.8. The Morgan fingerprint density at radius 3 is 2.32 bits per heavy atom. The van der Waals surface area contributed by atoms with Crippen LogP contribution in [0.4, 0.5) is 0 Å². The lowest BCUT2D eigenvalue weighted by molar-refractivity contribution is 0.0734. The Hall–Kier alpha value is -1.81. The first-order valence-corrected chi connectivity index (χ1v) is 9.35. The molecule has 2 aromatic carbocycles. The molecule has 0 saturated heterocycles. The van der Waals surface area contributed by atoms with Gasteiger partial charge in [0.2, 0.25) is 0 Å². The molecule has 25 heavy (non-hydrogen) atoms. The molecule has 2 rings (SSSR count). The second-order valence-corrected chi connectivity index (χ2v) is 7.87. The fraction of sp³-hybridized carbons (Fsp3) is 0.381. The monoisotopic (exact) mass is 404 g/mol. The summed E-state index contributed by atoms with van der Waals surface area (Å²) in [6, 6.07) is 12.9. The number of carbonyl (C=O) groups is 1. The van der Waals surface area contributed by atoms with Gasteiger partial charge in [0.25, 0.3) is 0 Å². The zero-order valence-corrected chi connectivity index (χ0v) is 16.9. The van der Waals surface area contributed by atoms with Crippen molar-refractivity contribution in [3.63, 3.8) is 0 Å². The molecule has 0 fully saturated rings. The average Bonchev–Trinajstić information content (AvgIpc) is 2.56. The minimum atomic E-state index is -0.385. The Morgan fingerprint density at radius 1 is 1.08 bits per heavy atom. The Morgan fingerprint density at radius 2 is 1.76 bits per heavy atom. The van der Waals surface area contributed by atoms with E-state index in [0.717, 1.165) is 23.1 Å². The predicted octanol–water partition coefficient (Wildman–Crippen LogP) is 6.14. The minimum Gasteiger partial charge on any atom is -0.492 e. The highest BCUT2D eigenvalue weighted by Crippen LogP contribution is 2.28. The standard InChI is InChI=1S/C21H25BrO3/c1-5-6-13-24-19-12-7-15(14-18(19)22)20(23)25-17-10-8-16(9-11-17)21(2,3)4/h7-12,14H,5-6,13H2,1-4H3. The van der Waals surface area contributed by atoms with Gasteiger partial charge in [-0.05, 0) is 63.7 Å². The molecule has 0 aliphatic carbocycles. The van der Waals surface area contributed by atoms with Gasteiger partial charge in [-0.3, -0.25) is 0 Å². The number of esters is 1. The van der Waals surface area contributed by atoms with E-state index in [0.29, 0.717) is 17.9 Å². The van der Waals surface area contributed by atoms with Crippen LogP contribution in [0.3, 0.4) is 0 Å². The Balaban J connectivity index is 2.04. The SMILES string of the molecule is CCCCOc1ccc(C(=O)Oc2ccc(C(C)(C)C)cc2)cc1Br. The van der Waals surface area contributed by atoms with Gasteiger partial charge in [-0.1, -0.05) is 46.2 Å². The van der Waals surface area contributed by atoms with E-state index in [1.165, 1.54) is 5.56 Å². The van der Waals surface area contributed by atoms with Crippen molar-refractivity contribution in [1.29, 1.82) is 0 Å². The molecule has 0 aromatic heterocycles. The molecule has 0 aliphatic rings. The lowest BCUT2D eigenvalue weighted by Gasteiger charge is -2.19. The third-order valence-corrected chi connectivity index (χ3v) is 4.47. The number of unbranched alkanes of at least 4 members (excludes halogenated alkanes) is 1. The number of rotatable bonds is 6. The van der Waals surface area contributed by atoms with Crippen LogP contribution >= 0.6 is 15.9 Å². The van der Waals surface area contributed by atoms with Crippen LogP contribution in [-0.4, -0.2) is 12.6 Å². The molecule has 3 nitrogen and oxygen atoms in total. The van der Waals surface area contributed by atoms with E-state index in [4.69, 9.17) is 9.47 Å². The van der Waals surface area contributed by atoms with Gasteiger partial charge in [0.1, 0.15) is 11.5 Å². The molecule has 4 heteroatoms. The Bertz CT molecular complexity index is 715. The molecular formula is C21H25BrO3. The van der Waals surface area contributed by atoms with E-state index >= 15 is 0 Å². The third kappa shape index (κ3) is 5.60. The summed E-state index contributed by atoms with van der Waals surface area (Å²) >= 11 is 3.45. The van der Waals surface area contributed by atoms with Crippen LogP contribution in [0.2, 0.25) is 0 Å². The first-order valence-electron chi connectivity index (χ1n) is 8.56. The molecular weight excluding hydrogens is 380 g/mol. The van der Waals surface area contributed by atoms with Crippen LogP contribution in [0.25, 0.3) is 0 Å². The van der Waals surface area contributed by atoms with Crippen molar-refractivity contribution in [1.82, 2.24) is 0 Å². The maximum Gasteiger partial charge on any atom is 0.343 e. The minimum absolute atomic E-state index is 0.0704. The van der Waals surface area contributed by atoms with E-state index in [9.17, 15) is 4.79 Å². The molecule has 0 atom stereocenters. The van der Waals surface area contributed by atoms with Crippen molar-refractivity contribution in [3.8, 4) is 11.5 Å². The van der Waals surface area contributed by atoms with Crippen molar-refractivity contribution in [2.75, 3.05) is 6.61 Å². The number of carbonyl (C=O) groups excluding carboxylic acids is 1. The summed E-state index contributed by atoms with van der Waals surface area (Å²) < 4.78 is 11.9. The van der Waals surface area contributed by atoms with Crippen molar-refractivity contribution >= 4 is 21.9 Å². The Kier molecular flexibility index (Phi) is 6.65. The third-order valence-electron chi connectivity index (χ3n) is 3.85. The highest BCUT2D eigenvalue weighted by atomic mass is 79.9. The van der Waals surface area contributed by atoms with E-state index in [-0.39, 0.29) is 11.4 Å². The second kappa shape index (κ2) is 8.52. The number of ether oxygens (including phenoxy) is 2. The number of halogens is 1. The zero-order chi connectivity index (χ0) is 18.4. The van der Waals surface area contributed by atoms with Gasteiger partial charge in [0.05, 0.1) is 16.6 Å². The normalized spacial score (nSPS) is 11.2. The molecule has 0 N–H and O–H groups in total. The molecule has 0 amide bonds. The lowest BCUT2D eigenvalue weighted by Crippen LogP contribution is -2.12. The molecule has 0 radical (unpaired) electrons. The van der Waals surface area contributed by atoms with Gasteiger partial charge in [0, 0.05) is 0 Å². The van der Waals surface area contributed by atoms with Gasteiger partial charge >= 0.3 is 5.97 Å². The van der Waals surface area contributed by atoms with Gasteiger partial charge in [0.15, 0.2) is 0 Å².